The number of benzene rings is 2. The van der Waals surface area contributed by atoms with Crippen LogP contribution in [0, 0.1) is 0 Å². The Hall–Kier alpha value is -2.39. The van der Waals surface area contributed by atoms with Crippen LogP contribution >= 0.6 is 15.9 Å². The predicted octanol–water partition coefficient (Wildman–Crippen LogP) is 2.08. The van der Waals surface area contributed by atoms with Gasteiger partial charge >= 0.3 is 0 Å². The molecule has 0 spiro atoms. The maximum atomic E-state index is 12.0. The van der Waals surface area contributed by atoms with E-state index < -0.39 is 27.8 Å². The average molecular weight is 441 g/mol. The Bertz CT molecular complexity index is 913. The lowest BCUT2D eigenvalue weighted by Crippen LogP contribution is -2.47. The van der Waals surface area contributed by atoms with E-state index in [0.717, 1.165) is 10.7 Å². The number of rotatable bonds is 5. The third-order valence-corrected chi connectivity index (χ3v) is 4.94. The standard InChI is InChI=1S/C17H17BrN2O5S/c1-11(25-14-5-3-4-13(18)10-14)16(21)19-20-17(22)12-6-8-15(9-7-12)26(2,23)24/h3-11H,1-2H3,(H,19,21)(H,20,22)/t11-/m0/s1. The summed E-state index contributed by atoms with van der Waals surface area (Å²) in [6, 6.07) is 12.4. The molecule has 138 valence electrons. The summed E-state index contributed by atoms with van der Waals surface area (Å²) in [5, 5.41) is 0. The first kappa shape index (κ1) is 19.9. The summed E-state index contributed by atoms with van der Waals surface area (Å²) >= 11 is 3.31. The topological polar surface area (TPSA) is 102 Å². The molecule has 2 aromatic rings. The van der Waals surface area contributed by atoms with Gasteiger partial charge in [-0.2, -0.15) is 0 Å². The Morgan fingerprint density at radius 1 is 1.08 bits per heavy atom. The Balaban J connectivity index is 1.90. The number of hydrogen-bond acceptors (Lipinski definition) is 5. The van der Waals surface area contributed by atoms with Gasteiger partial charge in [0, 0.05) is 16.3 Å². The van der Waals surface area contributed by atoms with Gasteiger partial charge in [0.25, 0.3) is 11.8 Å². The lowest BCUT2D eigenvalue weighted by molar-refractivity contribution is -0.128. The molecule has 0 aliphatic heterocycles. The van der Waals surface area contributed by atoms with Crippen LogP contribution in [0.25, 0.3) is 0 Å². The van der Waals surface area contributed by atoms with Crippen molar-refractivity contribution in [3.05, 3.63) is 58.6 Å². The van der Waals surface area contributed by atoms with Gasteiger partial charge in [-0.15, -0.1) is 0 Å². The molecule has 26 heavy (non-hydrogen) atoms. The number of ether oxygens (including phenoxy) is 1. The second-order valence-electron chi connectivity index (χ2n) is 5.46. The van der Waals surface area contributed by atoms with E-state index in [1.54, 1.807) is 25.1 Å². The van der Waals surface area contributed by atoms with Crippen molar-refractivity contribution in [1.82, 2.24) is 10.9 Å². The molecule has 0 unspecified atom stereocenters. The molecule has 2 amide bonds. The van der Waals surface area contributed by atoms with Gasteiger partial charge in [0.15, 0.2) is 15.9 Å². The van der Waals surface area contributed by atoms with E-state index in [4.69, 9.17) is 4.74 Å². The lowest BCUT2D eigenvalue weighted by Gasteiger charge is -2.15. The molecule has 0 saturated heterocycles. The van der Waals surface area contributed by atoms with Crippen LogP contribution in [0.4, 0.5) is 0 Å². The summed E-state index contributed by atoms with van der Waals surface area (Å²) in [5.74, 6) is -0.608. The average Bonchev–Trinajstić information content (AvgIpc) is 2.58. The molecule has 7 nitrogen and oxygen atoms in total. The molecular formula is C17H17BrN2O5S. The number of halogens is 1. The largest absolute Gasteiger partial charge is 0.481 e. The molecule has 2 N–H and O–H groups in total. The summed E-state index contributed by atoms with van der Waals surface area (Å²) in [5.41, 5.74) is 4.73. The van der Waals surface area contributed by atoms with Gasteiger partial charge in [-0.3, -0.25) is 20.4 Å². The molecule has 0 aromatic heterocycles. The monoisotopic (exact) mass is 440 g/mol. The highest BCUT2D eigenvalue weighted by Gasteiger charge is 2.16. The fourth-order valence-electron chi connectivity index (χ4n) is 1.94. The van der Waals surface area contributed by atoms with Crippen molar-refractivity contribution >= 4 is 37.6 Å². The van der Waals surface area contributed by atoms with E-state index in [9.17, 15) is 18.0 Å². The number of sulfone groups is 1. The van der Waals surface area contributed by atoms with E-state index in [2.05, 4.69) is 26.8 Å². The first-order valence-electron chi connectivity index (χ1n) is 7.49. The minimum Gasteiger partial charge on any atom is -0.481 e. The van der Waals surface area contributed by atoms with Crippen molar-refractivity contribution in [1.29, 1.82) is 0 Å². The van der Waals surface area contributed by atoms with E-state index in [0.29, 0.717) is 5.75 Å². The van der Waals surface area contributed by atoms with Crippen LogP contribution in [-0.4, -0.2) is 32.6 Å². The molecule has 0 aliphatic carbocycles. The Morgan fingerprint density at radius 3 is 2.31 bits per heavy atom. The summed E-state index contributed by atoms with van der Waals surface area (Å²) in [6.45, 7) is 1.54. The van der Waals surface area contributed by atoms with Crippen molar-refractivity contribution in [2.45, 2.75) is 17.9 Å². The number of hydrazine groups is 1. The van der Waals surface area contributed by atoms with Gasteiger partial charge in [-0.05, 0) is 49.4 Å². The summed E-state index contributed by atoms with van der Waals surface area (Å²) < 4.78 is 29.1. The third kappa shape index (κ3) is 5.57. The molecule has 0 aliphatic rings. The Labute approximate surface area is 159 Å². The van der Waals surface area contributed by atoms with E-state index >= 15 is 0 Å². The second kappa shape index (κ2) is 8.33. The highest BCUT2D eigenvalue weighted by atomic mass is 79.9. The van der Waals surface area contributed by atoms with Gasteiger partial charge in [0.2, 0.25) is 0 Å². The normalized spacial score (nSPS) is 12.1. The van der Waals surface area contributed by atoms with Crippen molar-refractivity contribution in [2.75, 3.05) is 6.26 Å². The fraction of sp³-hybridized carbons (Fsp3) is 0.176. The smallest absolute Gasteiger partial charge is 0.279 e. The second-order valence-corrected chi connectivity index (χ2v) is 8.39. The third-order valence-electron chi connectivity index (χ3n) is 3.32. The van der Waals surface area contributed by atoms with E-state index in [-0.39, 0.29) is 10.5 Å². The lowest BCUT2D eigenvalue weighted by atomic mass is 10.2. The minimum atomic E-state index is -3.34. The first-order chi connectivity index (χ1) is 12.2. The first-order valence-corrected chi connectivity index (χ1v) is 10.2. The molecule has 0 heterocycles. The van der Waals surface area contributed by atoms with Crippen molar-refractivity contribution in [3.63, 3.8) is 0 Å². The number of hydrogen-bond donors (Lipinski definition) is 2. The summed E-state index contributed by atoms with van der Waals surface area (Å²) in [6.07, 6.45) is 0.242. The summed E-state index contributed by atoms with van der Waals surface area (Å²) in [4.78, 5) is 24.1. The molecule has 1 atom stereocenters. The SMILES string of the molecule is C[C@H](Oc1cccc(Br)c1)C(=O)NNC(=O)c1ccc(S(C)(=O)=O)cc1. The molecule has 9 heteroatoms. The van der Waals surface area contributed by atoms with Crippen LogP contribution in [0.5, 0.6) is 5.75 Å². The molecule has 0 bridgehead atoms. The van der Waals surface area contributed by atoms with Crippen LogP contribution in [0.3, 0.4) is 0 Å². The zero-order chi connectivity index (χ0) is 19.3. The van der Waals surface area contributed by atoms with Crippen LogP contribution in [0.15, 0.2) is 57.9 Å². The molecule has 2 rings (SSSR count). The van der Waals surface area contributed by atoms with Crippen LogP contribution in [-0.2, 0) is 14.6 Å². The number of carbonyl (C=O) groups excluding carboxylic acids is 2. The quantitative estimate of drug-likeness (QED) is 0.692. The number of amides is 2. The van der Waals surface area contributed by atoms with Crippen molar-refractivity contribution in [2.24, 2.45) is 0 Å². The Kier molecular flexibility index (Phi) is 6.38. The number of carbonyl (C=O) groups is 2. The van der Waals surface area contributed by atoms with Gasteiger partial charge in [-0.25, -0.2) is 8.42 Å². The zero-order valence-corrected chi connectivity index (χ0v) is 16.4. The van der Waals surface area contributed by atoms with E-state index in [1.807, 2.05) is 6.07 Å². The highest BCUT2D eigenvalue weighted by molar-refractivity contribution is 9.10. The van der Waals surface area contributed by atoms with Gasteiger partial charge in [0.05, 0.1) is 4.90 Å². The van der Waals surface area contributed by atoms with Crippen LogP contribution in [0.1, 0.15) is 17.3 Å². The van der Waals surface area contributed by atoms with Gasteiger partial charge in [-0.1, -0.05) is 22.0 Å². The van der Waals surface area contributed by atoms with Crippen molar-refractivity contribution in [3.8, 4) is 5.75 Å². The van der Waals surface area contributed by atoms with Crippen LogP contribution in [0.2, 0.25) is 0 Å². The maximum absolute atomic E-state index is 12.0. The molecular weight excluding hydrogens is 424 g/mol. The molecule has 2 aromatic carbocycles. The highest BCUT2D eigenvalue weighted by Crippen LogP contribution is 2.18. The van der Waals surface area contributed by atoms with Crippen molar-refractivity contribution < 1.29 is 22.7 Å². The fourth-order valence-corrected chi connectivity index (χ4v) is 2.95. The van der Waals surface area contributed by atoms with Gasteiger partial charge in [0.1, 0.15) is 5.75 Å². The number of nitrogens with one attached hydrogen (secondary N) is 2. The van der Waals surface area contributed by atoms with Crippen LogP contribution < -0.4 is 15.6 Å². The summed E-state index contributed by atoms with van der Waals surface area (Å²) in [7, 11) is -3.34. The molecule has 0 radical (unpaired) electrons. The molecule has 0 saturated carbocycles. The van der Waals surface area contributed by atoms with Gasteiger partial charge < -0.3 is 4.74 Å². The zero-order valence-electron chi connectivity index (χ0n) is 14.0. The predicted molar refractivity (Wildman–Crippen MR) is 99.4 cm³/mol. The maximum Gasteiger partial charge on any atom is 0.279 e. The Morgan fingerprint density at radius 2 is 1.73 bits per heavy atom. The minimum absolute atomic E-state index is 0.106. The molecule has 0 fully saturated rings. The van der Waals surface area contributed by atoms with E-state index in [1.165, 1.54) is 24.3 Å².